The average Bonchev–Trinajstić information content (AvgIpc) is 2.39. The van der Waals surface area contributed by atoms with Crippen molar-refractivity contribution in [2.75, 3.05) is 7.05 Å². The summed E-state index contributed by atoms with van der Waals surface area (Å²) in [6, 6.07) is 5.82. The van der Waals surface area contributed by atoms with Crippen LogP contribution in [0.3, 0.4) is 0 Å². The third kappa shape index (κ3) is 3.58. The Labute approximate surface area is 119 Å². The van der Waals surface area contributed by atoms with E-state index in [1.54, 1.807) is 25.5 Å². The summed E-state index contributed by atoms with van der Waals surface area (Å²) in [6.45, 7) is 0. The number of aromatic nitrogens is 1. The van der Waals surface area contributed by atoms with E-state index < -0.39 is 11.6 Å². The van der Waals surface area contributed by atoms with Crippen molar-refractivity contribution >= 4 is 15.9 Å². The molecule has 1 heterocycles. The van der Waals surface area contributed by atoms with Crippen LogP contribution in [0.15, 0.2) is 41.1 Å². The number of rotatable bonds is 4. The number of hydrogen-bond acceptors (Lipinski definition) is 2. The van der Waals surface area contributed by atoms with E-state index in [-0.39, 0.29) is 6.04 Å². The van der Waals surface area contributed by atoms with Gasteiger partial charge in [0.1, 0.15) is 0 Å². The van der Waals surface area contributed by atoms with Gasteiger partial charge >= 0.3 is 0 Å². The second-order valence-corrected chi connectivity index (χ2v) is 5.15. The molecule has 1 atom stereocenters. The second kappa shape index (κ2) is 6.21. The molecule has 19 heavy (non-hydrogen) atoms. The van der Waals surface area contributed by atoms with Crippen LogP contribution in [0.4, 0.5) is 8.78 Å². The predicted octanol–water partition coefficient (Wildman–Crippen LogP) is 3.63. The SMILES string of the molecule is CNC(Cc1cncc(Br)c1)c1ccc(F)c(F)c1. The Morgan fingerprint density at radius 2 is 2.00 bits per heavy atom. The molecule has 1 aromatic heterocycles. The van der Waals surface area contributed by atoms with Gasteiger partial charge in [0.05, 0.1) is 0 Å². The first-order chi connectivity index (χ1) is 9.10. The van der Waals surface area contributed by atoms with Crippen molar-refractivity contribution < 1.29 is 8.78 Å². The van der Waals surface area contributed by atoms with Crippen LogP contribution in [-0.4, -0.2) is 12.0 Å². The van der Waals surface area contributed by atoms with Gasteiger partial charge < -0.3 is 5.32 Å². The maximum atomic E-state index is 13.3. The van der Waals surface area contributed by atoms with Crippen molar-refractivity contribution in [3.05, 3.63) is 63.9 Å². The molecule has 1 aromatic carbocycles. The minimum atomic E-state index is -0.831. The summed E-state index contributed by atoms with van der Waals surface area (Å²) in [5.41, 5.74) is 1.72. The van der Waals surface area contributed by atoms with Gasteiger partial charge in [0.25, 0.3) is 0 Å². The molecule has 0 bridgehead atoms. The van der Waals surface area contributed by atoms with Crippen LogP contribution in [0.25, 0.3) is 0 Å². The van der Waals surface area contributed by atoms with E-state index in [0.717, 1.165) is 16.1 Å². The summed E-state index contributed by atoms with van der Waals surface area (Å²) in [7, 11) is 1.79. The number of nitrogens with one attached hydrogen (secondary N) is 1. The molecule has 5 heteroatoms. The summed E-state index contributed by atoms with van der Waals surface area (Å²) >= 11 is 3.36. The number of benzene rings is 1. The van der Waals surface area contributed by atoms with E-state index in [1.807, 2.05) is 6.07 Å². The Kier molecular flexibility index (Phi) is 4.61. The molecule has 0 radical (unpaired) electrons. The number of hydrogen-bond donors (Lipinski definition) is 1. The zero-order valence-corrected chi connectivity index (χ0v) is 11.9. The monoisotopic (exact) mass is 326 g/mol. The molecule has 100 valence electrons. The Balaban J connectivity index is 2.22. The van der Waals surface area contributed by atoms with Gasteiger partial charge in [0.2, 0.25) is 0 Å². The van der Waals surface area contributed by atoms with Crippen molar-refractivity contribution in [2.45, 2.75) is 12.5 Å². The van der Waals surface area contributed by atoms with Crippen LogP contribution in [0, 0.1) is 11.6 Å². The zero-order valence-electron chi connectivity index (χ0n) is 10.3. The summed E-state index contributed by atoms with van der Waals surface area (Å²) in [6.07, 6.45) is 4.11. The van der Waals surface area contributed by atoms with Crippen molar-refractivity contribution in [3.8, 4) is 0 Å². The molecule has 0 amide bonds. The Bertz CT molecular complexity index is 575. The molecule has 0 saturated heterocycles. The molecular weight excluding hydrogens is 314 g/mol. The van der Waals surface area contributed by atoms with E-state index in [9.17, 15) is 8.78 Å². The van der Waals surface area contributed by atoms with Gasteiger partial charge in [0.15, 0.2) is 11.6 Å². The molecule has 0 spiro atoms. The van der Waals surface area contributed by atoms with Gasteiger partial charge in [-0.2, -0.15) is 0 Å². The van der Waals surface area contributed by atoms with E-state index in [4.69, 9.17) is 0 Å². The lowest BCUT2D eigenvalue weighted by Gasteiger charge is -2.17. The molecule has 2 aromatic rings. The van der Waals surface area contributed by atoms with E-state index >= 15 is 0 Å². The molecule has 2 nitrogen and oxygen atoms in total. The maximum absolute atomic E-state index is 13.3. The van der Waals surface area contributed by atoms with Gasteiger partial charge in [-0.1, -0.05) is 6.07 Å². The van der Waals surface area contributed by atoms with Crippen molar-refractivity contribution in [1.29, 1.82) is 0 Å². The minimum Gasteiger partial charge on any atom is -0.313 e. The minimum absolute atomic E-state index is 0.0915. The fourth-order valence-electron chi connectivity index (χ4n) is 1.92. The van der Waals surface area contributed by atoms with Crippen LogP contribution in [0.5, 0.6) is 0 Å². The normalized spacial score (nSPS) is 12.4. The molecule has 0 aliphatic rings. The quantitative estimate of drug-likeness (QED) is 0.928. The average molecular weight is 327 g/mol. The molecule has 1 unspecified atom stereocenters. The fraction of sp³-hybridized carbons (Fsp3) is 0.214. The fourth-order valence-corrected chi connectivity index (χ4v) is 2.33. The van der Waals surface area contributed by atoms with Crippen LogP contribution in [0.2, 0.25) is 0 Å². The smallest absolute Gasteiger partial charge is 0.159 e. The van der Waals surface area contributed by atoms with Gasteiger partial charge in [0, 0.05) is 22.9 Å². The predicted molar refractivity (Wildman–Crippen MR) is 73.8 cm³/mol. The van der Waals surface area contributed by atoms with Crippen LogP contribution >= 0.6 is 15.9 Å². The van der Waals surface area contributed by atoms with Crippen molar-refractivity contribution in [2.24, 2.45) is 0 Å². The first-order valence-electron chi connectivity index (χ1n) is 5.82. The van der Waals surface area contributed by atoms with Crippen LogP contribution < -0.4 is 5.32 Å². The molecule has 2 rings (SSSR count). The summed E-state index contributed by atoms with van der Waals surface area (Å²) in [5.74, 6) is -1.66. The molecular formula is C14H13BrF2N2. The lowest BCUT2D eigenvalue weighted by molar-refractivity contribution is 0.501. The molecule has 0 fully saturated rings. The summed E-state index contributed by atoms with van der Waals surface area (Å²) in [5, 5.41) is 3.10. The zero-order chi connectivity index (χ0) is 13.8. The lowest BCUT2D eigenvalue weighted by Crippen LogP contribution is -2.19. The summed E-state index contributed by atoms with van der Waals surface area (Å²) < 4.78 is 27.1. The van der Waals surface area contributed by atoms with Crippen molar-refractivity contribution in [3.63, 3.8) is 0 Å². The van der Waals surface area contributed by atoms with E-state index in [0.29, 0.717) is 12.0 Å². The Morgan fingerprint density at radius 1 is 1.21 bits per heavy atom. The number of halogens is 3. The van der Waals surface area contributed by atoms with Gasteiger partial charge in [-0.15, -0.1) is 0 Å². The third-order valence-corrected chi connectivity index (χ3v) is 3.33. The highest BCUT2D eigenvalue weighted by Crippen LogP contribution is 2.21. The largest absolute Gasteiger partial charge is 0.313 e. The Morgan fingerprint density at radius 3 is 2.63 bits per heavy atom. The molecule has 0 saturated carbocycles. The number of pyridine rings is 1. The van der Waals surface area contributed by atoms with Crippen molar-refractivity contribution in [1.82, 2.24) is 10.3 Å². The van der Waals surface area contributed by atoms with Gasteiger partial charge in [-0.3, -0.25) is 4.98 Å². The van der Waals surface area contributed by atoms with Gasteiger partial charge in [-0.25, -0.2) is 8.78 Å². The molecule has 0 aliphatic carbocycles. The second-order valence-electron chi connectivity index (χ2n) is 4.23. The van der Waals surface area contributed by atoms with Gasteiger partial charge in [-0.05, 0) is 58.7 Å². The third-order valence-electron chi connectivity index (χ3n) is 2.90. The standard InChI is InChI=1S/C14H13BrF2N2/c1-18-14(5-9-4-11(15)8-19-7-9)10-2-3-12(16)13(17)6-10/h2-4,6-8,14,18H,5H2,1H3. The first-order valence-corrected chi connectivity index (χ1v) is 6.61. The van der Waals surface area contributed by atoms with Crippen LogP contribution in [-0.2, 0) is 6.42 Å². The highest BCUT2D eigenvalue weighted by atomic mass is 79.9. The molecule has 1 N–H and O–H groups in total. The maximum Gasteiger partial charge on any atom is 0.159 e. The lowest BCUT2D eigenvalue weighted by atomic mass is 10.00. The molecule has 0 aliphatic heterocycles. The topological polar surface area (TPSA) is 24.9 Å². The summed E-state index contributed by atoms with van der Waals surface area (Å²) in [4.78, 5) is 4.09. The van der Waals surface area contributed by atoms with E-state index in [1.165, 1.54) is 6.07 Å². The number of nitrogens with zero attached hydrogens (tertiary/aromatic N) is 1. The first kappa shape index (κ1) is 14.1. The highest BCUT2D eigenvalue weighted by molar-refractivity contribution is 9.10. The van der Waals surface area contributed by atoms with E-state index in [2.05, 4.69) is 26.2 Å². The highest BCUT2D eigenvalue weighted by Gasteiger charge is 2.13. The van der Waals surface area contributed by atoms with Crippen LogP contribution in [0.1, 0.15) is 17.2 Å². The number of likely N-dealkylation sites (N-methyl/N-ethyl adjacent to an activating group) is 1. The Hall–Kier alpha value is -1.33.